The number of benzene rings is 2. The molecule has 0 saturated heterocycles. The molecule has 31 heavy (non-hydrogen) atoms. The van der Waals surface area contributed by atoms with E-state index < -0.39 is 29.4 Å². The van der Waals surface area contributed by atoms with Crippen LogP contribution in [0.3, 0.4) is 0 Å². The van der Waals surface area contributed by atoms with Crippen LogP contribution in [-0.4, -0.2) is 27.7 Å². The molecule has 1 N–H and O–H groups in total. The number of nitrogens with zero attached hydrogens (tertiary/aromatic N) is 1. The van der Waals surface area contributed by atoms with Gasteiger partial charge in [0.2, 0.25) is 0 Å². The SMILES string of the molecule is Cc1c(C(C)C(=O)OC2CCC2)c2cc(O)c(F)cc2n1C(=O)c1ccc(Cl)c(Cl)c1. The van der Waals surface area contributed by atoms with Gasteiger partial charge in [0.25, 0.3) is 5.91 Å². The molecule has 0 spiro atoms. The summed E-state index contributed by atoms with van der Waals surface area (Å²) in [4.78, 5) is 26.1. The van der Waals surface area contributed by atoms with Crippen molar-refractivity contribution in [3.63, 3.8) is 0 Å². The number of aromatic hydroxyl groups is 1. The summed E-state index contributed by atoms with van der Waals surface area (Å²) in [5.41, 5.74) is 1.44. The second kappa shape index (κ2) is 8.17. The summed E-state index contributed by atoms with van der Waals surface area (Å²) in [6, 6.07) is 6.78. The molecule has 0 bridgehead atoms. The summed E-state index contributed by atoms with van der Waals surface area (Å²) in [6.07, 6.45) is 2.60. The molecule has 0 radical (unpaired) electrons. The van der Waals surface area contributed by atoms with Gasteiger partial charge in [0.1, 0.15) is 6.10 Å². The fraction of sp³-hybridized carbons (Fsp3) is 0.304. The minimum absolute atomic E-state index is 0.0905. The van der Waals surface area contributed by atoms with Crippen LogP contribution in [-0.2, 0) is 9.53 Å². The molecule has 2 aromatic carbocycles. The number of aromatic nitrogens is 1. The summed E-state index contributed by atoms with van der Waals surface area (Å²) in [6.45, 7) is 3.35. The Bertz CT molecular complexity index is 1220. The highest BCUT2D eigenvalue weighted by Gasteiger charge is 2.31. The minimum atomic E-state index is -0.871. The molecular weight excluding hydrogens is 444 g/mol. The summed E-state index contributed by atoms with van der Waals surface area (Å²) in [7, 11) is 0. The first kappa shape index (κ1) is 21.7. The van der Waals surface area contributed by atoms with Gasteiger partial charge >= 0.3 is 5.97 Å². The van der Waals surface area contributed by atoms with E-state index in [1.165, 1.54) is 28.8 Å². The predicted octanol–water partition coefficient (Wildman–Crippen LogP) is 5.99. The largest absolute Gasteiger partial charge is 0.505 e. The van der Waals surface area contributed by atoms with Gasteiger partial charge in [-0.25, -0.2) is 4.39 Å². The third kappa shape index (κ3) is 3.79. The average Bonchev–Trinajstić information content (AvgIpc) is 2.96. The number of ether oxygens (including phenoxy) is 1. The van der Waals surface area contributed by atoms with Gasteiger partial charge in [-0.05, 0) is 62.9 Å². The smallest absolute Gasteiger partial charge is 0.313 e. The number of phenols is 1. The third-order valence-corrected chi connectivity index (χ3v) is 6.55. The molecule has 3 aromatic rings. The maximum Gasteiger partial charge on any atom is 0.313 e. The van der Waals surface area contributed by atoms with Crippen molar-refractivity contribution in [2.75, 3.05) is 0 Å². The van der Waals surface area contributed by atoms with E-state index in [0.29, 0.717) is 21.7 Å². The van der Waals surface area contributed by atoms with E-state index in [-0.39, 0.29) is 22.2 Å². The van der Waals surface area contributed by atoms with Crippen molar-refractivity contribution in [2.24, 2.45) is 0 Å². The summed E-state index contributed by atoms with van der Waals surface area (Å²) < 4.78 is 21.1. The van der Waals surface area contributed by atoms with Crippen molar-refractivity contribution >= 4 is 46.0 Å². The van der Waals surface area contributed by atoms with E-state index in [1.54, 1.807) is 13.8 Å². The first-order valence-electron chi connectivity index (χ1n) is 9.92. The van der Waals surface area contributed by atoms with Gasteiger partial charge < -0.3 is 9.84 Å². The molecule has 1 unspecified atom stereocenters. The number of halogens is 3. The Morgan fingerprint density at radius 1 is 1.19 bits per heavy atom. The van der Waals surface area contributed by atoms with Crippen molar-refractivity contribution in [3.05, 3.63) is 63.0 Å². The molecule has 4 rings (SSSR count). The van der Waals surface area contributed by atoms with Gasteiger partial charge in [-0.15, -0.1) is 0 Å². The maximum absolute atomic E-state index is 14.2. The lowest BCUT2D eigenvalue weighted by Crippen LogP contribution is -2.27. The Labute approximate surface area is 188 Å². The van der Waals surface area contributed by atoms with Gasteiger partial charge in [0.05, 0.1) is 21.5 Å². The van der Waals surface area contributed by atoms with E-state index in [4.69, 9.17) is 27.9 Å². The maximum atomic E-state index is 14.2. The zero-order chi connectivity index (χ0) is 22.4. The second-order valence-electron chi connectivity index (χ2n) is 7.80. The van der Waals surface area contributed by atoms with Crippen LogP contribution >= 0.6 is 23.2 Å². The quantitative estimate of drug-likeness (QED) is 0.482. The molecule has 1 aliphatic carbocycles. The van der Waals surface area contributed by atoms with E-state index in [1.807, 2.05) is 0 Å². The number of phenolic OH excluding ortho intramolecular Hbond substituents is 1. The van der Waals surface area contributed by atoms with Crippen molar-refractivity contribution in [2.45, 2.75) is 45.1 Å². The fourth-order valence-corrected chi connectivity index (χ4v) is 4.19. The summed E-state index contributed by atoms with van der Waals surface area (Å²) >= 11 is 12.0. The highest BCUT2D eigenvalue weighted by molar-refractivity contribution is 6.42. The molecule has 1 atom stereocenters. The zero-order valence-corrected chi connectivity index (χ0v) is 18.4. The first-order chi connectivity index (χ1) is 14.7. The molecule has 1 aliphatic rings. The number of carbonyl (C=O) groups is 2. The van der Waals surface area contributed by atoms with Crippen LogP contribution in [0.4, 0.5) is 4.39 Å². The Morgan fingerprint density at radius 3 is 2.52 bits per heavy atom. The topological polar surface area (TPSA) is 68.5 Å². The highest BCUT2D eigenvalue weighted by Crippen LogP contribution is 2.37. The molecule has 5 nitrogen and oxygen atoms in total. The number of hydrogen-bond acceptors (Lipinski definition) is 4. The average molecular weight is 464 g/mol. The van der Waals surface area contributed by atoms with Crippen molar-refractivity contribution in [3.8, 4) is 5.75 Å². The van der Waals surface area contributed by atoms with Crippen LogP contribution in [0.15, 0.2) is 30.3 Å². The lowest BCUT2D eigenvalue weighted by atomic mass is 9.94. The Hall–Kier alpha value is -2.57. The standard InChI is InChI=1S/C23H20Cl2FNO4/c1-11(23(30)31-14-4-3-5-14)21-12(2)27(19-10-18(26)20(28)9-15(19)21)22(29)13-6-7-16(24)17(25)8-13/h6-11,14,28H,3-5H2,1-2H3. The number of carbonyl (C=O) groups excluding carboxylic acids is 2. The molecule has 1 fully saturated rings. The summed E-state index contributed by atoms with van der Waals surface area (Å²) in [5, 5.41) is 10.9. The zero-order valence-electron chi connectivity index (χ0n) is 16.9. The fourth-order valence-electron chi connectivity index (χ4n) is 3.89. The molecular formula is C23H20Cl2FNO4. The Morgan fingerprint density at radius 2 is 1.90 bits per heavy atom. The molecule has 1 heterocycles. The second-order valence-corrected chi connectivity index (χ2v) is 8.62. The van der Waals surface area contributed by atoms with E-state index in [9.17, 15) is 19.1 Å². The lowest BCUT2D eigenvalue weighted by molar-refractivity contribution is -0.154. The molecule has 1 aromatic heterocycles. The minimum Gasteiger partial charge on any atom is -0.505 e. The van der Waals surface area contributed by atoms with Crippen LogP contribution < -0.4 is 0 Å². The molecule has 0 amide bonds. The number of fused-ring (bicyclic) bond motifs is 1. The van der Waals surface area contributed by atoms with Gasteiger partial charge in [-0.1, -0.05) is 23.2 Å². The number of hydrogen-bond donors (Lipinski definition) is 1. The molecule has 8 heteroatoms. The van der Waals surface area contributed by atoms with E-state index in [0.717, 1.165) is 25.3 Å². The first-order valence-corrected chi connectivity index (χ1v) is 10.7. The Kier molecular flexibility index (Phi) is 5.71. The number of esters is 1. The van der Waals surface area contributed by atoms with Crippen LogP contribution in [0.1, 0.15) is 53.7 Å². The van der Waals surface area contributed by atoms with Crippen molar-refractivity contribution < 1.29 is 23.8 Å². The van der Waals surface area contributed by atoms with Crippen LogP contribution in [0.5, 0.6) is 5.75 Å². The van der Waals surface area contributed by atoms with Gasteiger partial charge in [0, 0.05) is 22.7 Å². The summed E-state index contributed by atoms with van der Waals surface area (Å²) in [5.74, 6) is -3.03. The van der Waals surface area contributed by atoms with Gasteiger partial charge in [-0.3, -0.25) is 14.2 Å². The molecule has 1 saturated carbocycles. The highest BCUT2D eigenvalue weighted by atomic mass is 35.5. The predicted molar refractivity (Wildman–Crippen MR) is 117 cm³/mol. The van der Waals surface area contributed by atoms with E-state index >= 15 is 0 Å². The van der Waals surface area contributed by atoms with Gasteiger partial charge in [0.15, 0.2) is 11.6 Å². The van der Waals surface area contributed by atoms with Gasteiger partial charge in [-0.2, -0.15) is 0 Å². The van der Waals surface area contributed by atoms with Crippen molar-refractivity contribution in [1.29, 1.82) is 0 Å². The molecule has 162 valence electrons. The van der Waals surface area contributed by atoms with Crippen LogP contribution in [0, 0.1) is 12.7 Å². The van der Waals surface area contributed by atoms with Crippen molar-refractivity contribution in [1.82, 2.24) is 4.57 Å². The third-order valence-electron chi connectivity index (χ3n) is 5.81. The Balaban J connectivity index is 1.86. The lowest BCUT2D eigenvalue weighted by Gasteiger charge is -2.26. The molecule has 0 aliphatic heterocycles. The van der Waals surface area contributed by atoms with E-state index in [2.05, 4.69) is 0 Å². The van der Waals surface area contributed by atoms with Crippen LogP contribution in [0.25, 0.3) is 10.9 Å². The number of rotatable bonds is 4. The normalized spacial score (nSPS) is 15.0. The van der Waals surface area contributed by atoms with Crippen LogP contribution in [0.2, 0.25) is 10.0 Å². The monoisotopic (exact) mass is 463 g/mol.